The summed E-state index contributed by atoms with van der Waals surface area (Å²) in [5.41, 5.74) is 0.535. The maximum atomic E-state index is 12.8. The second kappa shape index (κ2) is 7.47. The number of anilines is 1. The van der Waals surface area contributed by atoms with Crippen LogP contribution in [0.25, 0.3) is 0 Å². The molecule has 24 heavy (non-hydrogen) atoms. The van der Waals surface area contributed by atoms with Gasteiger partial charge in [-0.15, -0.1) is 0 Å². The SMILES string of the molecule is O=C(Nc1ccc(F)cc1)N[C@H]1CCN(C(=O)C[C@H]2C=CCC2)C1. The predicted octanol–water partition coefficient (Wildman–Crippen LogP) is 2.90. The van der Waals surface area contributed by atoms with Gasteiger partial charge < -0.3 is 15.5 Å². The Morgan fingerprint density at radius 3 is 2.71 bits per heavy atom. The average molecular weight is 331 g/mol. The van der Waals surface area contributed by atoms with E-state index in [-0.39, 0.29) is 23.8 Å². The zero-order chi connectivity index (χ0) is 16.9. The van der Waals surface area contributed by atoms with Gasteiger partial charge in [-0.3, -0.25) is 4.79 Å². The fraction of sp³-hybridized carbons (Fsp3) is 0.444. The maximum absolute atomic E-state index is 12.8. The average Bonchev–Trinajstić information content (AvgIpc) is 3.21. The van der Waals surface area contributed by atoms with Crippen molar-refractivity contribution >= 4 is 17.6 Å². The minimum Gasteiger partial charge on any atom is -0.341 e. The highest BCUT2D eigenvalue weighted by atomic mass is 19.1. The zero-order valence-electron chi connectivity index (χ0n) is 13.5. The van der Waals surface area contributed by atoms with Crippen molar-refractivity contribution in [3.8, 4) is 0 Å². The first kappa shape index (κ1) is 16.5. The molecule has 1 aliphatic carbocycles. The standard InChI is InChI=1S/C18H22FN3O2/c19-14-5-7-15(8-6-14)20-18(24)21-16-9-10-22(12-16)17(23)11-13-3-1-2-4-13/h1,3,5-8,13,16H,2,4,9-12H2,(H2,20,21,24)/t13-,16-/m0/s1. The molecule has 2 atom stereocenters. The molecule has 6 heteroatoms. The Morgan fingerprint density at radius 2 is 2.00 bits per heavy atom. The number of allylic oxidation sites excluding steroid dienone is 2. The van der Waals surface area contributed by atoms with E-state index in [0.717, 1.165) is 19.3 Å². The van der Waals surface area contributed by atoms with Crippen molar-refractivity contribution in [1.82, 2.24) is 10.2 Å². The Bertz CT molecular complexity index is 630. The third-order valence-electron chi connectivity index (χ3n) is 4.53. The summed E-state index contributed by atoms with van der Waals surface area (Å²) in [6, 6.07) is 5.22. The van der Waals surface area contributed by atoms with Gasteiger partial charge in [-0.2, -0.15) is 0 Å². The molecule has 2 N–H and O–H groups in total. The Kier molecular flexibility index (Phi) is 5.13. The largest absolute Gasteiger partial charge is 0.341 e. The number of carbonyl (C=O) groups excluding carboxylic acids is 2. The molecule has 1 heterocycles. The summed E-state index contributed by atoms with van der Waals surface area (Å²) < 4.78 is 12.8. The Balaban J connectivity index is 1.43. The van der Waals surface area contributed by atoms with Gasteiger partial charge in [0.2, 0.25) is 5.91 Å². The highest BCUT2D eigenvalue weighted by Gasteiger charge is 2.28. The van der Waals surface area contributed by atoms with Crippen molar-refractivity contribution in [3.63, 3.8) is 0 Å². The van der Waals surface area contributed by atoms with Gasteiger partial charge in [0.15, 0.2) is 0 Å². The lowest BCUT2D eigenvalue weighted by molar-refractivity contribution is -0.130. The van der Waals surface area contributed by atoms with Gasteiger partial charge >= 0.3 is 6.03 Å². The first-order chi connectivity index (χ1) is 11.6. The first-order valence-corrected chi connectivity index (χ1v) is 8.37. The van der Waals surface area contributed by atoms with Crippen LogP contribution in [0.2, 0.25) is 0 Å². The van der Waals surface area contributed by atoms with E-state index in [9.17, 15) is 14.0 Å². The molecule has 0 spiro atoms. The van der Waals surface area contributed by atoms with Crippen molar-refractivity contribution in [2.24, 2.45) is 5.92 Å². The fourth-order valence-electron chi connectivity index (χ4n) is 3.21. The van der Waals surface area contributed by atoms with Crippen LogP contribution in [0, 0.1) is 11.7 Å². The third kappa shape index (κ3) is 4.34. The number of likely N-dealkylation sites (tertiary alicyclic amines) is 1. The number of carbonyl (C=O) groups is 2. The van der Waals surface area contributed by atoms with Gasteiger partial charge in [0.05, 0.1) is 0 Å². The minimum absolute atomic E-state index is 0.0477. The van der Waals surface area contributed by atoms with Crippen LogP contribution in [0.1, 0.15) is 25.7 Å². The molecule has 0 bridgehead atoms. The Labute approximate surface area is 140 Å². The molecule has 3 rings (SSSR count). The molecule has 0 saturated carbocycles. The van der Waals surface area contributed by atoms with Crippen molar-refractivity contribution in [2.45, 2.75) is 31.7 Å². The molecule has 0 radical (unpaired) electrons. The van der Waals surface area contributed by atoms with E-state index in [0.29, 0.717) is 31.1 Å². The molecular weight excluding hydrogens is 309 g/mol. The van der Waals surface area contributed by atoms with Gasteiger partial charge in [0, 0.05) is 31.2 Å². The number of benzene rings is 1. The van der Waals surface area contributed by atoms with E-state index >= 15 is 0 Å². The lowest BCUT2D eigenvalue weighted by atomic mass is 10.0. The second-order valence-corrected chi connectivity index (χ2v) is 6.40. The van der Waals surface area contributed by atoms with Crippen molar-refractivity contribution in [3.05, 3.63) is 42.2 Å². The fourth-order valence-corrected chi connectivity index (χ4v) is 3.21. The smallest absolute Gasteiger partial charge is 0.319 e. The van der Waals surface area contributed by atoms with Crippen LogP contribution < -0.4 is 10.6 Å². The molecule has 5 nitrogen and oxygen atoms in total. The second-order valence-electron chi connectivity index (χ2n) is 6.40. The van der Waals surface area contributed by atoms with E-state index in [4.69, 9.17) is 0 Å². The van der Waals surface area contributed by atoms with Crippen LogP contribution in [0.3, 0.4) is 0 Å². The summed E-state index contributed by atoms with van der Waals surface area (Å²) in [6.07, 6.45) is 7.69. The highest BCUT2D eigenvalue weighted by molar-refractivity contribution is 5.89. The third-order valence-corrected chi connectivity index (χ3v) is 4.53. The maximum Gasteiger partial charge on any atom is 0.319 e. The van der Waals surface area contributed by atoms with Crippen molar-refractivity contribution in [1.29, 1.82) is 0 Å². The zero-order valence-corrected chi connectivity index (χ0v) is 13.5. The van der Waals surface area contributed by atoms with Crippen LogP contribution in [-0.2, 0) is 4.79 Å². The van der Waals surface area contributed by atoms with Gasteiger partial charge in [-0.25, -0.2) is 9.18 Å². The molecule has 1 aromatic carbocycles. The number of halogens is 1. The molecule has 128 valence electrons. The quantitative estimate of drug-likeness (QED) is 0.834. The number of hydrogen-bond donors (Lipinski definition) is 2. The molecule has 3 amide bonds. The molecule has 1 saturated heterocycles. The predicted molar refractivity (Wildman–Crippen MR) is 90.0 cm³/mol. The van der Waals surface area contributed by atoms with Crippen LogP contribution >= 0.6 is 0 Å². The van der Waals surface area contributed by atoms with Gasteiger partial charge in [0.25, 0.3) is 0 Å². The van der Waals surface area contributed by atoms with Crippen molar-refractivity contribution in [2.75, 3.05) is 18.4 Å². The summed E-state index contributed by atoms with van der Waals surface area (Å²) in [5.74, 6) is 0.184. The highest BCUT2D eigenvalue weighted by Crippen LogP contribution is 2.22. The van der Waals surface area contributed by atoms with E-state index in [1.54, 1.807) is 0 Å². The van der Waals surface area contributed by atoms with Crippen LogP contribution in [-0.4, -0.2) is 36.0 Å². The lowest BCUT2D eigenvalue weighted by Gasteiger charge is -2.19. The van der Waals surface area contributed by atoms with Gasteiger partial charge in [-0.1, -0.05) is 12.2 Å². The van der Waals surface area contributed by atoms with E-state index in [1.807, 2.05) is 4.90 Å². The number of urea groups is 1. The normalized spacial score (nSPS) is 22.6. The van der Waals surface area contributed by atoms with Crippen molar-refractivity contribution < 1.29 is 14.0 Å². The Hall–Kier alpha value is -2.37. The topological polar surface area (TPSA) is 61.4 Å². The molecular formula is C18H22FN3O2. The molecule has 0 aromatic heterocycles. The summed E-state index contributed by atoms with van der Waals surface area (Å²) in [5, 5.41) is 5.54. The number of nitrogens with zero attached hydrogens (tertiary/aromatic N) is 1. The van der Waals surface area contributed by atoms with Crippen LogP contribution in [0.5, 0.6) is 0 Å². The summed E-state index contributed by atoms with van der Waals surface area (Å²) in [7, 11) is 0. The van der Waals surface area contributed by atoms with E-state index in [2.05, 4.69) is 22.8 Å². The number of nitrogens with one attached hydrogen (secondary N) is 2. The number of hydrogen-bond acceptors (Lipinski definition) is 2. The molecule has 2 aliphatic rings. The first-order valence-electron chi connectivity index (χ1n) is 8.37. The molecule has 1 aromatic rings. The van der Waals surface area contributed by atoms with E-state index in [1.165, 1.54) is 24.3 Å². The summed E-state index contributed by atoms with van der Waals surface area (Å²) >= 11 is 0. The Morgan fingerprint density at radius 1 is 1.21 bits per heavy atom. The van der Waals surface area contributed by atoms with Gasteiger partial charge in [0.1, 0.15) is 5.82 Å². The molecule has 0 unspecified atom stereocenters. The summed E-state index contributed by atoms with van der Waals surface area (Å²) in [4.78, 5) is 26.1. The monoisotopic (exact) mass is 331 g/mol. The van der Waals surface area contributed by atoms with E-state index < -0.39 is 0 Å². The lowest BCUT2D eigenvalue weighted by Crippen LogP contribution is -2.40. The van der Waals surface area contributed by atoms with Crippen LogP contribution in [0.15, 0.2) is 36.4 Å². The summed E-state index contributed by atoms with van der Waals surface area (Å²) in [6.45, 7) is 1.23. The van der Waals surface area contributed by atoms with Gasteiger partial charge in [-0.05, 0) is 49.4 Å². The minimum atomic E-state index is -0.344. The van der Waals surface area contributed by atoms with Crippen LogP contribution in [0.4, 0.5) is 14.9 Å². The molecule has 1 aliphatic heterocycles. The molecule has 1 fully saturated rings. The number of rotatable bonds is 4. The number of amides is 3.